The number of carbonyl (C=O) groups excluding carboxylic acids is 2. The van der Waals surface area contributed by atoms with Gasteiger partial charge in [-0.05, 0) is 211 Å². The zero-order valence-electron chi connectivity index (χ0n) is 51.8. The average molecular weight is 1210 g/mol. The van der Waals surface area contributed by atoms with Crippen LogP contribution >= 0.6 is 0 Å². The molecule has 1 aromatic heterocycles. The van der Waals surface area contributed by atoms with Crippen molar-refractivity contribution in [2.24, 2.45) is 35.0 Å². The first-order valence-corrected chi connectivity index (χ1v) is 33.7. The van der Waals surface area contributed by atoms with Gasteiger partial charge in [-0.2, -0.15) is 0 Å². The molecule has 3 fully saturated rings. The first-order valence-electron chi connectivity index (χ1n) is 33.7. The fraction of sp³-hybridized carbons (Fsp3) is 0.456. The first-order chi connectivity index (χ1) is 44.0. The Morgan fingerprint density at radius 1 is 0.756 bits per heavy atom. The third-order valence-electron chi connectivity index (χ3n) is 24.6. The third kappa shape index (κ3) is 8.74. The van der Waals surface area contributed by atoms with Crippen molar-refractivity contribution in [1.82, 2.24) is 0 Å². The van der Waals surface area contributed by atoms with Gasteiger partial charge in [-0.25, -0.2) is 9.59 Å². The minimum Gasteiger partial charge on any atom is -0.482 e. The predicted octanol–water partition coefficient (Wildman–Crippen LogP) is 14.1. The molecule has 0 radical (unpaired) electrons. The monoisotopic (exact) mass is 1210 g/mol. The molecule has 14 atom stereocenters. The average Bonchev–Trinajstić information content (AvgIpc) is 1.33. The number of hydrogen-bond acceptors (Lipinski definition) is 11. The van der Waals surface area contributed by atoms with Crippen LogP contribution in [0.25, 0.3) is 23.1 Å². The van der Waals surface area contributed by atoms with E-state index in [2.05, 4.69) is 121 Å². The Balaban J connectivity index is 0.902. The highest BCUT2D eigenvalue weighted by molar-refractivity contribution is 5.91. The molecule has 90 heavy (non-hydrogen) atoms. The van der Waals surface area contributed by atoms with Crippen LogP contribution in [0.4, 0.5) is 0 Å². The predicted molar refractivity (Wildman–Crippen MR) is 345 cm³/mol. The quantitative estimate of drug-likeness (QED) is 0.0576. The van der Waals surface area contributed by atoms with Crippen LogP contribution in [-0.2, 0) is 55.1 Å². The number of rotatable bonds is 8. The molecule has 3 N–H and O–H groups in total. The number of esters is 2. The molecule has 464 valence electrons. The largest absolute Gasteiger partial charge is 0.482 e. The number of aryl methyl sites for hydroxylation is 2. The zero-order chi connectivity index (χ0) is 61.2. The highest BCUT2D eigenvalue weighted by Gasteiger charge is 2.70. The van der Waals surface area contributed by atoms with E-state index < -0.39 is 47.9 Å². The van der Waals surface area contributed by atoms with Gasteiger partial charge in [-0.3, -0.25) is 4.79 Å². The van der Waals surface area contributed by atoms with E-state index in [4.69, 9.17) is 23.4 Å². The highest BCUT2D eigenvalue weighted by atomic mass is 16.6. The lowest BCUT2D eigenvalue weighted by Crippen LogP contribution is -2.65. The Hall–Kier alpha value is -7.15. The molecule has 4 heterocycles. The summed E-state index contributed by atoms with van der Waals surface area (Å²) in [7, 11) is 1.53. The summed E-state index contributed by atoms with van der Waals surface area (Å²) in [6.45, 7) is 0.746. The van der Waals surface area contributed by atoms with E-state index >= 15 is 9.59 Å². The third-order valence-corrected chi connectivity index (χ3v) is 24.6. The summed E-state index contributed by atoms with van der Waals surface area (Å²) in [4.78, 5) is 46.9. The van der Waals surface area contributed by atoms with Crippen molar-refractivity contribution in [3.05, 3.63) is 215 Å². The SMILES string of the molecule is COCC(CCO)c1c(CO)c2ccc3c(c2oc1=O)C1OC(=O)CC2CC(c4cccc5c4CCC4CCCC6C=Cc7ccccc7C564)C=CC2c2ccc4c(c2)CCC25CCCC(O3)(C1OC(=O)C(=C(C)CO)CC4)C2CC1c2ccccc2C=CC15. The van der Waals surface area contributed by atoms with Crippen molar-refractivity contribution in [3.63, 3.8) is 0 Å². The number of carbonyl (C=O) groups is 2. The number of fused-ring (bicyclic) bond motifs is 13. The number of allylic oxidation sites excluding steroid dienone is 4. The molecule has 16 rings (SSSR count). The molecule has 14 unspecified atom stereocenters. The number of aliphatic hydroxyl groups excluding tert-OH is 3. The van der Waals surface area contributed by atoms with Gasteiger partial charge in [0.05, 0.1) is 25.4 Å². The van der Waals surface area contributed by atoms with Crippen LogP contribution in [0.1, 0.15) is 192 Å². The van der Waals surface area contributed by atoms with Gasteiger partial charge in [0.25, 0.3) is 0 Å². The Labute approximate surface area is 526 Å². The van der Waals surface area contributed by atoms with E-state index in [9.17, 15) is 20.1 Å². The summed E-state index contributed by atoms with van der Waals surface area (Å²) in [5, 5.41) is 33.1. The summed E-state index contributed by atoms with van der Waals surface area (Å²) in [6.07, 6.45) is 23.9. The van der Waals surface area contributed by atoms with Crippen molar-refractivity contribution in [3.8, 4) is 5.75 Å². The summed E-state index contributed by atoms with van der Waals surface area (Å²) in [5.41, 5.74) is 12.3. The summed E-state index contributed by atoms with van der Waals surface area (Å²) < 4.78 is 34.7. The van der Waals surface area contributed by atoms with Crippen molar-refractivity contribution in [1.29, 1.82) is 0 Å². The minimum absolute atomic E-state index is 0.0157. The second-order valence-corrected chi connectivity index (χ2v) is 28.4. The second kappa shape index (κ2) is 22.6. The highest BCUT2D eigenvalue weighted by Crippen LogP contribution is 2.71. The van der Waals surface area contributed by atoms with Crippen molar-refractivity contribution >= 4 is 35.1 Å². The number of ether oxygens (including phenoxy) is 4. The van der Waals surface area contributed by atoms with Crippen molar-refractivity contribution < 1.29 is 48.3 Å². The molecule has 5 aromatic carbocycles. The zero-order valence-corrected chi connectivity index (χ0v) is 51.8. The standard InChI is InChI=1S/C79H82O11/c1-45(42-81)56-26-21-46-18-19-50-38-49(46)32-36-77-34-9-35-78(68(77)41-62-58-14-5-3-10-47(58)23-30-65(62)77)74(89-75(56)84)73(71-67(90-78)31-29-61-63(43-82)70(76(85)88-72(61)71)52(33-37-80)44-86-2)87-69(83)40-53-39-51(22-27-57(50)53)59-15-8-17-66-60(59)28-25-55-13-7-12-54-24-20-48-11-4-6-16-64(48)79(54,55)66/h3-6,8,10-11,14-20,22-24,27,29-31,38,51-55,57,62,65,68,73-74,80-82H,7,9,12-13,21,25-26,28,32-37,39-44H2,1-2H3. The van der Waals surface area contributed by atoms with Gasteiger partial charge in [0.1, 0.15) is 11.3 Å². The maximum Gasteiger partial charge on any atom is 0.340 e. The van der Waals surface area contributed by atoms with Crippen LogP contribution in [-0.4, -0.2) is 65.9 Å². The Kier molecular flexibility index (Phi) is 14.6. The van der Waals surface area contributed by atoms with Crippen LogP contribution in [0.5, 0.6) is 5.75 Å². The topological polar surface area (TPSA) is 162 Å². The van der Waals surface area contributed by atoms with Gasteiger partial charge in [0.15, 0.2) is 17.8 Å². The van der Waals surface area contributed by atoms with Gasteiger partial charge in [-0.15, -0.1) is 0 Å². The molecule has 0 amide bonds. The lowest BCUT2D eigenvalue weighted by Gasteiger charge is -2.58. The molecule has 10 aliphatic rings. The van der Waals surface area contributed by atoms with Gasteiger partial charge in [0, 0.05) is 65.7 Å². The Morgan fingerprint density at radius 3 is 2.44 bits per heavy atom. The molecule has 3 saturated carbocycles. The van der Waals surface area contributed by atoms with E-state index in [-0.39, 0.29) is 95.7 Å². The van der Waals surface area contributed by atoms with Crippen molar-refractivity contribution in [2.45, 2.75) is 163 Å². The van der Waals surface area contributed by atoms with Gasteiger partial charge in [-0.1, -0.05) is 128 Å². The molecule has 0 saturated heterocycles. The molecular formula is C79H82O11. The van der Waals surface area contributed by atoms with Gasteiger partial charge < -0.3 is 38.7 Å². The van der Waals surface area contributed by atoms with Crippen LogP contribution in [0.3, 0.4) is 0 Å². The van der Waals surface area contributed by atoms with Gasteiger partial charge >= 0.3 is 17.6 Å². The van der Waals surface area contributed by atoms with Crippen LogP contribution in [0, 0.1) is 35.0 Å². The summed E-state index contributed by atoms with van der Waals surface area (Å²) >= 11 is 0. The van der Waals surface area contributed by atoms with Crippen LogP contribution in [0.2, 0.25) is 0 Å². The maximum atomic E-state index is 16.2. The lowest BCUT2D eigenvalue weighted by atomic mass is 9.48. The lowest BCUT2D eigenvalue weighted by molar-refractivity contribution is -0.221. The smallest absolute Gasteiger partial charge is 0.340 e. The number of aliphatic hydroxyl groups is 3. The molecule has 11 nitrogen and oxygen atoms in total. The Bertz CT molecular complexity index is 4080. The summed E-state index contributed by atoms with van der Waals surface area (Å²) in [5.74, 6) is -0.698. The normalized spacial score (nSPS) is 32.5. The van der Waals surface area contributed by atoms with Crippen LogP contribution in [0.15, 0.2) is 142 Å². The number of methoxy groups -OCH3 is 1. The molecule has 3 aliphatic heterocycles. The molecule has 6 aromatic rings. The van der Waals surface area contributed by atoms with E-state index in [0.717, 1.165) is 56.1 Å². The first kappa shape index (κ1) is 58.0. The maximum absolute atomic E-state index is 16.2. The Morgan fingerprint density at radius 2 is 1.59 bits per heavy atom. The van der Waals surface area contributed by atoms with E-state index in [0.29, 0.717) is 65.4 Å². The minimum atomic E-state index is -1.35. The molecule has 6 bridgehead atoms. The molecule has 2 spiro atoms. The van der Waals surface area contributed by atoms with Gasteiger partial charge in [0.2, 0.25) is 0 Å². The molecular weight excluding hydrogens is 1120 g/mol. The fourth-order valence-electron chi connectivity index (χ4n) is 20.9. The molecule has 11 heteroatoms. The van der Waals surface area contributed by atoms with E-state index in [1.54, 1.807) is 6.92 Å². The van der Waals surface area contributed by atoms with E-state index in [1.165, 1.54) is 70.9 Å². The molecule has 7 aliphatic carbocycles. The second-order valence-electron chi connectivity index (χ2n) is 28.4. The van der Waals surface area contributed by atoms with Crippen LogP contribution < -0.4 is 10.4 Å². The van der Waals surface area contributed by atoms with Crippen molar-refractivity contribution in [2.75, 3.05) is 26.9 Å². The number of hydrogen-bond donors (Lipinski definition) is 3. The summed E-state index contributed by atoms with van der Waals surface area (Å²) in [6, 6.07) is 35.5. The van der Waals surface area contributed by atoms with E-state index in [1.807, 2.05) is 12.1 Å². The fourth-order valence-corrected chi connectivity index (χ4v) is 20.9. The number of benzene rings is 5.